The fourth-order valence-corrected chi connectivity index (χ4v) is 2.64. The van der Waals surface area contributed by atoms with E-state index in [1.807, 2.05) is 6.92 Å². The highest BCUT2D eigenvalue weighted by Gasteiger charge is 2.01. The van der Waals surface area contributed by atoms with Crippen LogP contribution >= 0.6 is 12.6 Å². The van der Waals surface area contributed by atoms with E-state index in [1.165, 1.54) is 0 Å². The Morgan fingerprint density at radius 2 is 2.40 bits per heavy atom. The lowest BCUT2D eigenvalue weighted by Gasteiger charge is -2.08. The molecule has 0 aromatic carbocycles. The van der Waals surface area contributed by atoms with E-state index >= 15 is 0 Å². The van der Waals surface area contributed by atoms with Crippen molar-refractivity contribution in [3.8, 4) is 0 Å². The number of hydrogen-bond acceptors (Lipinski definition) is 3. The van der Waals surface area contributed by atoms with E-state index in [1.54, 1.807) is 0 Å². The van der Waals surface area contributed by atoms with Crippen LogP contribution in [0.15, 0.2) is 0 Å². The summed E-state index contributed by atoms with van der Waals surface area (Å²) in [5.74, 6) is 0.496. The Morgan fingerprint density at radius 3 is 2.90 bits per heavy atom. The number of aliphatic hydroxyl groups is 1. The van der Waals surface area contributed by atoms with Crippen LogP contribution in [0.1, 0.15) is 13.3 Å². The van der Waals surface area contributed by atoms with Gasteiger partial charge in [0.15, 0.2) is 0 Å². The number of aliphatic hydroxyl groups excluding tert-OH is 1. The topological polar surface area (TPSA) is 29.5 Å². The quantitative estimate of drug-likeness (QED) is 0.265. The van der Waals surface area contributed by atoms with Crippen molar-refractivity contribution in [1.82, 2.24) is 0 Å². The van der Waals surface area contributed by atoms with Crippen LogP contribution in [0, 0.1) is 0 Å². The highest BCUT2D eigenvalue weighted by atomic mass is 32.1. The maximum Gasteiger partial charge on any atom is 0.131 e. The summed E-state index contributed by atoms with van der Waals surface area (Å²) in [4.78, 5) is 0. The number of thiol groups is 1. The molecule has 0 saturated heterocycles. The minimum Gasteiger partial charge on any atom is -0.372 e. The summed E-state index contributed by atoms with van der Waals surface area (Å²) >= 11 is 4.07. The molecule has 4 heteroatoms. The van der Waals surface area contributed by atoms with E-state index in [2.05, 4.69) is 12.6 Å². The summed E-state index contributed by atoms with van der Waals surface area (Å²) in [7, 11) is -0.402. The highest BCUT2D eigenvalue weighted by Crippen LogP contribution is 1.94. The van der Waals surface area contributed by atoms with Crippen molar-refractivity contribution in [1.29, 1.82) is 0 Å². The Labute approximate surface area is 70.2 Å². The molecule has 0 radical (unpaired) electrons. The first kappa shape index (κ1) is 10.5. The Bertz CT molecular complexity index is 72.8. The third-order valence-corrected chi connectivity index (χ3v) is 3.17. The predicted molar refractivity (Wildman–Crippen MR) is 49.5 cm³/mol. The Balaban J connectivity index is 2.97. The van der Waals surface area contributed by atoms with Crippen LogP contribution in [0.25, 0.3) is 0 Å². The fraction of sp³-hybridized carbons (Fsp3) is 1.00. The third kappa shape index (κ3) is 6.60. The first-order valence-corrected chi connectivity index (χ1v) is 6.16. The molecule has 0 spiro atoms. The Kier molecular flexibility index (Phi) is 7.96. The summed E-state index contributed by atoms with van der Waals surface area (Å²) < 4.78 is 4.98. The molecule has 1 unspecified atom stereocenters. The second-order valence-electron chi connectivity index (χ2n) is 2.13. The standard InChI is InChI=1S/C6H16O2SSi/c1-2-8-6(7)10-5-3-4-9/h6-7,9H,2-5,10H2,1H3. The van der Waals surface area contributed by atoms with Gasteiger partial charge >= 0.3 is 0 Å². The molecule has 2 nitrogen and oxygen atoms in total. The van der Waals surface area contributed by atoms with E-state index in [0.717, 1.165) is 18.2 Å². The number of rotatable bonds is 6. The first-order chi connectivity index (χ1) is 4.81. The van der Waals surface area contributed by atoms with E-state index in [0.29, 0.717) is 6.61 Å². The smallest absolute Gasteiger partial charge is 0.131 e. The van der Waals surface area contributed by atoms with Gasteiger partial charge in [0.1, 0.15) is 5.91 Å². The van der Waals surface area contributed by atoms with Gasteiger partial charge in [-0.15, -0.1) is 0 Å². The fourth-order valence-electron chi connectivity index (χ4n) is 0.706. The molecule has 62 valence electrons. The second-order valence-corrected chi connectivity index (χ2v) is 4.56. The summed E-state index contributed by atoms with van der Waals surface area (Å²) in [6, 6.07) is 1.13. The SMILES string of the molecule is CCOC(O)[SiH2]CCCS. The normalized spacial score (nSPS) is 14.7. The average molecular weight is 180 g/mol. The molecule has 1 atom stereocenters. The highest BCUT2D eigenvalue weighted by molar-refractivity contribution is 7.80. The van der Waals surface area contributed by atoms with Crippen molar-refractivity contribution in [2.45, 2.75) is 25.3 Å². The average Bonchev–Trinajstić information content (AvgIpc) is 1.89. The Hall–Kier alpha value is 0.487. The van der Waals surface area contributed by atoms with Crippen molar-refractivity contribution in [2.75, 3.05) is 12.4 Å². The zero-order chi connectivity index (χ0) is 7.82. The summed E-state index contributed by atoms with van der Waals surface area (Å²) in [6.07, 6.45) is 1.11. The monoisotopic (exact) mass is 180 g/mol. The number of ether oxygens (including phenoxy) is 1. The van der Waals surface area contributed by atoms with Gasteiger partial charge in [0.25, 0.3) is 0 Å². The van der Waals surface area contributed by atoms with Crippen LogP contribution in [0.2, 0.25) is 6.04 Å². The molecule has 10 heavy (non-hydrogen) atoms. The van der Waals surface area contributed by atoms with Crippen LogP contribution in [-0.4, -0.2) is 32.9 Å². The van der Waals surface area contributed by atoms with E-state index < -0.39 is 15.4 Å². The van der Waals surface area contributed by atoms with Gasteiger partial charge in [-0.3, -0.25) is 0 Å². The van der Waals surface area contributed by atoms with Crippen molar-refractivity contribution < 1.29 is 9.84 Å². The van der Waals surface area contributed by atoms with Crippen LogP contribution in [-0.2, 0) is 4.74 Å². The third-order valence-electron chi connectivity index (χ3n) is 1.22. The maximum atomic E-state index is 9.09. The van der Waals surface area contributed by atoms with Crippen molar-refractivity contribution >= 4 is 22.1 Å². The van der Waals surface area contributed by atoms with Crippen LogP contribution in [0.3, 0.4) is 0 Å². The molecular weight excluding hydrogens is 164 g/mol. The minimum atomic E-state index is -0.426. The van der Waals surface area contributed by atoms with Gasteiger partial charge in [-0.2, -0.15) is 12.6 Å². The van der Waals surface area contributed by atoms with Gasteiger partial charge in [-0.05, 0) is 19.1 Å². The lowest BCUT2D eigenvalue weighted by molar-refractivity contribution is -0.0360. The molecule has 0 aliphatic rings. The molecule has 0 aromatic heterocycles. The summed E-state index contributed by atoms with van der Waals surface area (Å²) in [5, 5.41) is 9.09. The molecule has 0 aliphatic carbocycles. The molecule has 0 amide bonds. The lowest BCUT2D eigenvalue weighted by Crippen LogP contribution is -2.19. The van der Waals surface area contributed by atoms with Gasteiger partial charge in [0.05, 0.1) is 9.52 Å². The van der Waals surface area contributed by atoms with Gasteiger partial charge in [0.2, 0.25) is 0 Å². The molecule has 0 saturated carbocycles. The van der Waals surface area contributed by atoms with Crippen LogP contribution in [0.4, 0.5) is 0 Å². The molecule has 0 aliphatic heterocycles. The first-order valence-electron chi connectivity index (χ1n) is 3.71. The molecule has 0 fully saturated rings. The summed E-state index contributed by atoms with van der Waals surface area (Å²) in [6.45, 7) is 2.52. The van der Waals surface area contributed by atoms with Crippen LogP contribution in [0.5, 0.6) is 0 Å². The minimum absolute atomic E-state index is 0.402. The largest absolute Gasteiger partial charge is 0.372 e. The molecule has 0 rings (SSSR count). The maximum absolute atomic E-state index is 9.09. The van der Waals surface area contributed by atoms with Crippen molar-refractivity contribution in [2.24, 2.45) is 0 Å². The van der Waals surface area contributed by atoms with E-state index in [4.69, 9.17) is 9.84 Å². The second kappa shape index (κ2) is 7.59. The van der Waals surface area contributed by atoms with Crippen LogP contribution < -0.4 is 0 Å². The molecule has 1 N–H and O–H groups in total. The van der Waals surface area contributed by atoms with Gasteiger partial charge in [-0.25, -0.2) is 0 Å². The van der Waals surface area contributed by atoms with Gasteiger partial charge in [-0.1, -0.05) is 6.04 Å². The van der Waals surface area contributed by atoms with E-state index in [-0.39, 0.29) is 0 Å². The lowest BCUT2D eigenvalue weighted by atomic mass is 10.6. The predicted octanol–water partition coefficient (Wildman–Crippen LogP) is 0.206. The van der Waals surface area contributed by atoms with E-state index in [9.17, 15) is 0 Å². The molecule has 0 aromatic rings. The zero-order valence-corrected chi connectivity index (χ0v) is 8.72. The molecule has 0 heterocycles. The Morgan fingerprint density at radius 1 is 1.70 bits per heavy atom. The molecule has 0 bridgehead atoms. The van der Waals surface area contributed by atoms with Crippen molar-refractivity contribution in [3.05, 3.63) is 0 Å². The van der Waals surface area contributed by atoms with Gasteiger partial charge < -0.3 is 9.84 Å². The summed E-state index contributed by atoms with van der Waals surface area (Å²) in [5.41, 5.74) is 0. The zero-order valence-electron chi connectivity index (χ0n) is 6.42. The number of hydrogen-bond donors (Lipinski definition) is 2. The van der Waals surface area contributed by atoms with Gasteiger partial charge in [0, 0.05) is 6.61 Å². The van der Waals surface area contributed by atoms with Crippen molar-refractivity contribution in [3.63, 3.8) is 0 Å². The molecular formula is C6H16O2SSi.